The van der Waals surface area contributed by atoms with Crippen LogP contribution in [0.3, 0.4) is 0 Å². The van der Waals surface area contributed by atoms with Crippen molar-refractivity contribution in [2.75, 3.05) is 0 Å². The summed E-state index contributed by atoms with van der Waals surface area (Å²) < 4.78 is 1.60. The third-order valence-electron chi connectivity index (χ3n) is 2.60. The Kier molecular flexibility index (Phi) is 5.74. The van der Waals surface area contributed by atoms with Crippen LogP contribution in [-0.2, 0) is 11.3 Å². The van der Waals surface area contributed by atoms with Crippen LogP contribution in [0, 0.1) is 0 Å². The summed E-state index contributed by atoms with van der Waals surface area (Å²) >= 11 is 0. The maximum absolute atomic E-state index is 10.5. The van der Waals surface area contributed by atoms with Gasteiger partial charge in [-0.1, -0.05) is 24.3 Å². The van der Waals surface area contributed by atoms with Crippen LogP contribution in [0.4, 0.5) is 0 Å². The molecule has 2 aromatic rings. The van der Waals surface area contributed by atoms with Crippen molar-refractivity contribution in [1.82, 2.24) is 0 Å². The first-order valence-corrected chi connectivity index (χ1v) is 5.81. The van der Waals surface area contributed by atoms with Crippen molar-refractivity contribution in [3.05, 3.63) is 59.9 Å². The van der Waals surface area contributed by atoms with Gasteiger partial charge in [0.15, 0.2) is 12.4 Å². The number of hydrogen-bond acceptors (Lipinski definition) is 2. The van der Waals surface area contributed by atoms with Crippen LogP contribution in [-0.4, -0.2) is 16.2 Å². The van der Waals surface area contributed by atoms with Crippen LogP contribution in [0.2, 0.25) is 0 Å². The molecule has 104 valence electrons. The summed E-state index contributed by atoms with van der Waals surface area (Å²) in [6, 6.07) is 10.6. The lowest BCUT2D eigenvalue weighted by Crippen LogP contribution is -3.00. The van der Waals surface area contributed by atoms with Crippen molar-refractivity contribution in [2.45, 2.75) is 6.54 Å². The number of aromatic hydroxyl groups is 1. The number of phenolic OH excluding ortho intramolecular Hbond substituents is 1. The summed E-state index contributed by atoms with van der Waals surface area (Å²) in [5, 5.41) is 17.8. The molecule has 4 nitrogen and oxygen atoms in total. The van der Waals surface area contributed by atoms with E-state index in [0.29, 0.717) is 0 Å². The van der Waals surface area contributed by atoms with Gasteiger partial charge in [0.1, 0.15) is 5.75 Å². The van der Waals surface area contributed by atoms with Crippen molar-refractivity contribution in [2.24, 2.45) is 0 Å². The summed E-state index contributed by atoms with van der Waals surface area (Å²) in [6.45, 7) is -0.0397. The fourth-order valence-electron chi connectivity index (χ4n) is 1.62. The van der Waals surface area contributed by atoms with Gasteiger partial charge in [0.05, 0.1) is 0 Å². The van der Waals surface area contributed by atoms with Crippen molar-refractivity contribution in [1.29, 1.82) is 0 Å². The monoisotopic (exact) mass is 291 g/mol. The van der Waals surface area contributed by atoms with Crippen LogP contribution in [0.5, 0.6) is 5.75 Å². The smallest absolute Gasteiger partial charge is 0.370 e. The average molecular weight is 292 g/mol. The molecule has 1 aromatic carbocycles. The number of nitrogens with zero attached hydrogens (tertiary/aromatic N) is 1. The molecular formula is C15H14ClNO3. The van der Waals surface area contributed by atoms with Gasteiger partial charge >= 0.3 is 5.97 Å². The highest BCUT2D eigenvalue weighted by Crippen LogP contribution is 2.12. The van der Waals surface area contributed by atoms with Gasteiger partial charge in [-0.25, -0.2) is 4.79 Å². The fourth-order valence-corrected chi connectivity index (χ4v) is 1.62. The molecule has 0 aliphatic carbocycles. The van der Waals surface area contributed by atoms with E-state index in [1.54, 1.807) is 29.1 Å². The molecule has 0 saturated heterocycles. The molecule has 20 heavy (non-hydrogen) atoms. The number of pyridine rings is 1. The number of benzene rings is 1. The molecule has 2 N–H and O–H groups in total. The number of aromatic nitrogens is 1. The molecule has 0 aliphatic rings. The Morgan fingerprint density at radius 1 is 1.00 bits per heavy atom. The molecule has 1 heterocycles. The molecule has 0 radical (unpaired) electrons. The Balaban J connectivity index is 0.00000200. The van der Waals surface area contributed by atoms with Crippen molar-refractivity contribution in [3.63, 3.8) is 0 Å². The first kappa shape index (κ1) is 15.7. The molecule has 1 aromatic heterocycles. The van der Waals surface area contributed by atoms with Gasteiger partial charge in [-0.05, 0) is 23.3 Å². The van der Waals surface area contributed by atoms with Gasteiger partial charge in [-0.2, -0.15) is 4.57 Å². The number of phenols is 1. The molecule has 0 atom stereocenters. The minimum atomic E-state index is -0.864. The van der Waals surface area contributed by atoms with E-state index < -0.39 is 5.97 Å². The average Bonchev–Trinajstić information content (AvgIpc) is 2.39. The van der Waals surface area contributed by atoms with Crippen molar-refractivity contribution < 1.29 is 32.0 Å². The van der Waals surface area contributed by atoms with E-state index in [1.165, 1.54) is 0 Å². The molecule has 0 spiro atoms. The van der Waals surface area contributed by atoms with E-state index in [0.717, 1.165) is 11.1 Å². The Hall–Kier alpha value is -2.33. The first-order valence-electron chi connectivity index (χ1n) is 5.81. The second-order valence-corrected chi connectivity index (χ2v) is 4.12. The van der Waals surface area contributed by atoms with E-state index in [1.807, 2.05) is 36.4 Å². The Labute approximate surface area is 123 Å². The summed E-state index contributed by atoms with van der Waals surface area (Å²) in [4.78, 5) is 10.5. The van der Waals surface area contributed by atoms with Crippen molar-refractivity contribution in [3.8, 4) is 5.75 Å². The SMILES string of the molecule is O=C(O)C[n+]1ccc(/C=C\c2ccc(O)cc2)cc1.[Cl-]. The highest BCUT2D eigenvalue weighted by molar-refractivity contribution is 5.69. The summed E-state index contributed by atoms with van der Waals surface area (Å²) in [5.74, 6) is -0.621. The normalized spacial score (nSPS) is 10.2. The summed E-state index contributed by atoms with van der Waals surface area (Å²) in [6.07, 6.45) is 7.31. The third-order valence-corrected chi connectivity index (χ3v) is 2.60. The van der Waals surface area contributed by atoms with Gasteiger partial charge in [0.2, 0.25) is 6.54 Å². The van der Waals surface area contributed by atoms with E-state index in [-0.39, 0.29) is 24.7 Å². The molecule has 0 bridgehead atoms. The second-order valence-electron chi connectivity index (χ2n) is 4.12. The highest BCUT2D eigenvalue weighted by atomic mass is 35.5. The van der Waals surface area contributed by atoms with Gasteiger partial charge < -0.3 is 22.6 Å². The fraction of sp³-hybridized carbons (Fsp3) is 0.0667. The number of halogens is 1. The molecule has 0 fully saturated rings. The number of aliphatic carboxylic acids is 1. The van der Waals surface area contributed by atoms with Crippen LogP contribution >= 0.6 is 0 Å². The molecular weight excluding hydrogens is 278 g/mol. The largest absolute Gasteiger partial charge is 1.00 e. The zero-order valence-corrected chi connectivity index (χ0v) is 11.4. The zero-order chi connectivity index (χ0) is 13.7. The maximum Gasteiger partial charge on any atom is 0.370 e. The van der Waals surface area contributed by atoms with Gasteiger partial charge in [-0.3, -0.25) is 0 Å². The lowest BCUT2D eigenvalue weighted by molar-refractivity contribution is -0.685. The Morgan fingerprint density at radius 3 is 2.00 bits per heavy atom. The third kappa shape index (κ3) is 4.74. The predicted molar refractivity (Wildman–Crippen MR) is 71.3 cm³/mol. The van der Waals surface area contributed by atoms with E-state index >= 15 is 0 Å². The lowest BCUT2D eigenvalue weighted by Gasteiger charge is -1.95. The number of carboxylic acid groups (broad SMARTS) is 1. The minimum absolute atomic E-state index is 0. The van der Waals surface area contributed by atoms with E-state index in [9.17, 15) is 4.79 Å². The van der Waals surface area contributed by atoms with Crippen LogP contribution < -0.4 is 17.0 Å². The number of carbonyl (C=O) groups is 1. The molecule has 5 heteroatoms. The van der Waals surface area contributed by atoms with Crippen LogP contribution in [0.1, 0.15) is 11.1 Å². The van der Waals surface area contributed by atoms with E-state index in [4.69, 9.17) is 10.2 Å². The van der Waals surface area contributed by atoms with Crippen LogP contribution in [0.25, 0.3) is 12.2 Å². The summed E-state index contributed by atoms with van der Waals surface area (Å²) in [7, 11) is 0. The second kappa shape index (κ2) is 7.31. The molecule has 2 rings (SSSR count). The van der Waals surface area contributed by atoms with Gasteiger partial charge in [-0.15, -0.1) is 0 Å². The zero-order valence-electron chi connectivity index (χ0n) is 10.6. The topological polar surface area (TPSA) is 61.4 Å². The number of carboxylic acids is 1. The highest BCUT2D eigenvalue weighted by Gasteiger charge is 2.05. The Morgan fingerprint density at radius 2 is 1.50 bits per heavy atom. The maximum atomic E-state index is 10.5. The Bertz CT molecular complexity index is 592. The lowest BCUT2D eigenvalue weighted by atomic mass is 10.1. The van der Waals surface area contributed by atoms with Gasteiger partial charge in [0.25, 0.3) is 0 Å². The molecule has 0 aliphatic heterocycles. The standard InChI is InChI=1S/C15H13NO3.ClH/c17-14-5-3-12(4-6-14)1-2-13-7-9-16(10-8-13)11-15(18)19;/h1-10H,11H2,(H,18,19);1H. The van der Waals surface area contributed by atoms with Gasteiger partial charge in [0, 0.05) is 12.1 Å². The van der Waals surface area contributed by atoms with Crippen molar-refractivity contribution >= 4 is 18.1 Å². The van der Waals surface area contributed by atoms with E-state index in [2.05, 4.69) is 0 Å². The molecule has 0 saturated carbocycles. The number of hydrogen-bond donors (Lipinski definition) is 2. The first-order chi connectivity index (χ1) is 9.13. The molecule has 0 unspecified atom stereocenters. The quantitative estimate of drug-likeness (QED) is 0.706. The minimum Gasteiger partial charge on any atom is -1.00 e. The predicted octanol–water partition coefficient (Wildman–Crippen LogP) is -1.06. The van der Waals surface area contributed by atoms with Crippen LogP contribution in [0.15, 0.2) is 48.8 Å². The number of rotatable bonds is 4. The summed E-state index contributed by atoms with van der Waals surface area (Å²) in [5.41, 5.74) is 1.97. The molecule has 0 amide bonds.